The van der Waals surface area contributed by atoms with Crippen molar-refractivity contribution in [2.24, 2.45) is 0 Å². The molecule has 0 heterocycles. The zero-order valence-electron chi connectivity index (χ0n) is 10.4. The molecule has 2 heteroatoms. The summed E-state index contributed by atoms with van der Waals surface area (Å²) in [5.74, 6) is 0.0833. The van der Waals surface area contributed by atoms with Crippen molar-refractivity contribution in [2.75, 3.05) is 0 Å². The first-order valence-electron chi connectivity index (χ1n) is 6.42. The van der Waals surface area contributed by atoms with Gasteiger partial charge < -0.3 is 5.11 Å². The van der Waals surface area contributed by atoms with Gasteiger partial charge in [0.05, 0.1) is 5.60 Å². The summed E-state index contributed by atoms with van der Waals surface area (Å²) in [6.45, 7) is 1.59. The topological polar surface area (TPSA) is 37.3 Å². The Morgan fingerprint density at radius 3 is 2.53 bits per heavy atom. The van der Waals surface area contributed by atoms with Gasteiger partial charge in [0.25, 0.3) is 0 Å². The highest BCUT2D eigenvalue weighted by atomic mass is 16.3. The van der Waals surface area contributed by atoms with Gasteiger partial charge in [-0.2, -0.15) is 0 Å². The van der Waals surface area contributed by atoms with Gasteiger partial charge in [-0.3, -0.25) is 4.79 Å². The molecule has 0 spiro atoms. The summed E-state index contributed by atoms with van der Waals surface area (Å²) in [4.78, 5) is 11.5. The lowest BCUT2D eigenvalue weighted by molar-refractivity contribution is 0.00439. The summed E-state index contributed by atoms with van der Waals surface area (Å²) in [5.41, 5.74) is 1.15. The Hall–Kier alpha value is -1.15. The summed E-state index contributed by atoms with van der Waals surface area (Å²) in [6.07, 6.45) is 5.75. The van der Waals surface area contributed by atoms with Crippen molar-refractivity contribution in [3.8, 4) is 0 Å². The van der Waals surface area contributed by atoms with Gasteiger partial charge in [0, 0.05) is 12.0 Å². The summed E-state index contributed by atoms with van der Waals surface area (Å²) >= 11 is 0. The van der Waals surface area contributed by atoms with Crippen LogP contribution in [0, 0.1) is 0 Å². The number of carbonyl (C=O) groups is 1. The van der Waals surface area contributed by atoms with Crippen LogP contribution in [0.25, 0.3) is 0 Å². The van der Waals surface area contributed by atoms with Gasteiger partial charge in [0.1, 0.15) is 0 Å². The van der Waals surface area contributed by atoms with Crippen molar-refractivity contribution in [1.82, 2.24) is 0 Å². The molecule has 1 aromatic carbocycles. The van der Waals surface area contributed by atoms with Crippen molar-refractivity contribution >= 4 is 5.78 Å². The Bertz CT molecular complexity index is 403. The first kappa shape index (κ1) is 12.3. The molecular formula is C15H20O2. The van der Waals surface area contributed by atoms with Crippen LogP contribution in [-0.4, -0.2) is 16.5 Å². The third kappa shape index (κ3) is 2.95. The summed E-state index contributed by atoms with van der Waals surface area (Å²) in [5, 5.41) is 10.5. The fourth-order valence-electron chi connectivity index (χ4n) is 2.76. The number of hydrogen-bond donors (Lipinski definition) is 1. The second kappa shape index (κ2) is 5.01. The highest BCUT2D eigenvalue weighted by Gasteiger charge is 2.30. The van der Waals surface area contributed by atoms with E-state index in [0.29, 0.717) is 6.42 Å². The predicted molar refractivity (Wildman–Crippen MR) is 68.2 cm³/mol. The lowest BCUT2D eigenvalue weighted by atomic mass is 9.79. The van der Waals surface area contributed by atoms with Crippen LogP contribution in [0.1, 0.15) is 54.9 Å². The molecule has 0 aromatic heterocycles. The van der Waals surface area contributed by atoms with E-state index in [9.17, 15) is 9.90 Å². The van der Waals surface area contributed by atoms with Gasteiger partial charge in [0.2, 0.25) is 0 Å². The van der Waals surface area contributed by atoms with Crippen LogP contribution in [-0.2, 0) is 6.42 Å². The average Bonchev–Trinajstić information content (AvgIpc) is 2.29. The molecule has 0 atom stereocenters. The first-order valence-corrected chi connectivity index (χ1v) is 6.42. The van der Waals surface area contributed by atoms with E-state index in [1.165, 1.54) is 6.42 Å². The largest absolute Gasteiger partial charge is 0.390 e. The van der Waals surface area contributed by atoms with E-state index in [4.69, 9.17) is 0 Å². The van der Waals surface area contributed by atoms with Gasteiger partial charge in [0.15, 0.2) is 5.78 Å². The molecule has 1 aromatic rings. The van der Waals surface area contributed by atoms with Crippen LogP contribution in [0.4, 0.5) is 0 Å². The Morgan fingerprint density at radius 1 is 1.24 bits per heavy atom. The predicted octanol–water partition coefficient (Wildman–Crippen LogP) is 3.13. The highest BCUT2D eigenvalue weighted by Crippen LogP contribution is 2.31. The smallest absolute Gasteiger partial charge is 0.160 e. The number of aliphatic hydroxyl groups is 1. The molecular weight excluding hydrogens is 212 g/mol. The van der Waals surface area contributed by atoms with E-state index < -0.39 is 5.60 Å². The summed E-state index contributed by atoms with van der Waals surface area (Å²) in [6, 6.07) is 7.63. The SMILES string of the molecule is CC(=O)c1ccccc1CC1(O)CCCCC1. The fourth-order valence-corrected chi connectivity index (χ4v) is 2.76. The molecule has 1 N–H and O–H groups in total. The molecule has 17 heavy (non-hydrogen) atoms. The van der Waals surface area contributed by atoms with E-state index >= 15 is 0 Å². The van der Waals surface area contributed by atoms with E-state index in [1.807, 2.05) is 24.3 Å². The monoisotopic (exact) mass is 232 g/mol. The van der Waals surface area contributed by atoms with Crippen molar-refractivity contribution in [3.05, 3.63) is 35.4 Å². The van der Waals surface area contributed by atoms with Crippen molar-refractivity contribution in [3.63, 3.8) is 0 Å². The molecule has 1 saturated carbocycles. The molecule has 92 valence electrons. The standard InChI is InChI=1S/C15H20O2/c1-12(16)14-8-4-3-7-13(14)11-15(17)9-5-2-6-10-15/h3-4,7-8,17H,2,5-6,9-11H2,1H3. The maximum Gasteiger partial charge on any atom is 0.160 e. The quantitative estimate of drug-likeness (QED) is 0.813. The molecule has 1 aliphatic rings. The number of carbonyl (C=O) groups excluding carboxylic acids is 1. The molecule has 2 nitrogen and oxygen atoms in total. The third-order valence-electron chi connectivity index (χ3n) is 3.70. The van der Waals surface area contributed by atoms with E-state index in [1.54, 1.807) is 6.92 Å². The Kier molecular flexibility index (Phi) is 3.63. The molecule has 0 amide bonds. The van der Waals surface area contributed by atoms with Crippen LogP contribution in [0.2, 0.25) is 0 Å². The fraction of sp³-hybridized carbons (Fsp3) is 0.533. The Balaban J connectivity index is 2.20. The number of benzene rings is 1. The van der Waals surface area contributed by atoms with E-state index in [2.05, 4.69) is 0 Å². The molecule has 2 rings (SSSR count). The molecule has 0 radical (unpaired) electrons. The lowest BCUT2D eigenvalue weighted by Crippen LogP contribution is -2.34. The van der Waals surface area contributed by atoms with Crippen LogP contribution >= 0.6 is 0 Å². The highest BCUT2D eigenvalue weighted by molar-refractivity contribution is 5.95. The van der Waals surface area contributed by atoms with Crippen LogP contribution in [0.3, 0.4) is 0 Å². The van der Waals surface area contributed by atoms with Crippen LogP contribution in [0.15, 0.2) is 24.3 Å². The molecule has 1 aliphatic carbocycles. The lowest BCUT2D eigenvalue weighted by Gasteiger charge is -2.32. The zero-order valence-corrected chi connectivity index (χ0v) is 10.4. The maximum absolute atomic E-state index is 11.5. The van der Waals surface area contributed by atoms with Gasteiger partial charge in [-0.05, 0) is 25.3 Å². The molecule has 0 unspecified atom stereocenters. The summed E-state index contributed by atoms with van der Waals surface area (Å²) < 4.78 is 0. The molecule has 0 bridgehead atoms. The maximum atomic E-state index is 11.5. The third-order valence-corrected chi connectivity index (χ3v) is 3.70. The molecule has 0 aliphatic heterocycles. The Labute approximate surface area is 103 Å². The minimum absolute atomic E-state index is 0.0833. The number of ketones is 1. The molecule has 0 saturated heterocycles. The van der Waals surface area contributed by atoms with Gasteiger partial charge in [-0.15, -0.1) is 0 Å². The first-order chi connectivity index (χ1) is 8.11. The van der Waals surface area contributed by atoms with Gasteiger partial charge in [-0.25, -0.2) is 0 Å². The van der Waals surface area contributed by atoms with Gasteiger partial charge in [-0.1, -0.05) is 43.5 Å². The van der Waals surface area contributed by atoms with Gasteiger partial charge >= 0.3 is 0 Å². The minimum atomic E-state index is -0.593. The van der Waals surface area contributed by atoms with E-state index in [-0.39, 0.29) is 5.78 Å². The number of Topliss-reactive ketones (excluding diaryl/α,β-unsaturated/α-hetero) is 1. The summed E-state index contributed by atoms with van der Waals surface area (Å²) in [7, 11) is 0. The zero-order chi connectivity index (χ0) is 12.3. The van der Waals surface area contributed by atoms with Crippen molar-refractivity contribution in [1.29, 1.82) is 0 Å². The second-order valence-corrected chi connectivity index (χ2v) is 5.18. The van der Waals surface area contributed by atoms with Crippen molar-refractivity contribution in [2.45, 2.75) is 51.0 Å². The normalized spacial score (nSPS) is 18.9. The van der Waals surface area contributed by atoms with Crippen LogP contribution < -0.4 is 0 Å². The van der Waals surface area contributed by atoms with E-state index in [0.717, 1.165) is 36.8 Å². The Morgan fingerprint density at radius 2 is 1.88 bits per heavy atom. The second-order valence-electron chi connectivity index (χ2n) is 5.18. The molecule has 1 fully saturated rings. The average molecular weight is 232 g/mol. The number of hydrogen-bond acceptors (Lipinski definition) is 2. The van der Waals surface area contributed by atoms with Crippen molar-refractivity contribution < 1.29 is 9.90 Å². The van der Waals surface area contributed by atoms with Crippen LogP contribution in [0.5, 0.6) is 0 Å². The number of rotatable bonds is 3. The minimum Gasteiger partial charge on any atom is -0.390 e.